The van der Waals surface area contributed by atoms with Crippen molar-refractivity contribution in [3.63, 3.8) is 0 Å². The molecule has 0 N–H and O–H groups in total. The van der Waals surface area contributed by atoms with E-state index >= 15 is 0 Å². The lowest BCUT2D eigenvalue weighted by Gasteiger charge is -1.99. The lowest BCUT2D eigenvalue weighted by molar-refractivity contribution is -0.138. The van der Waals surface area contributed by atoms with Crippen molar-refractivity contribution in [2.75, 3.05) is 6.61 Å². The van der Waals surface area contributed by atoms with Crippen LogP contribution in [0.15, 0.2) is 45.6 Å². The van der Waals surface area contributed by atoms with Gasteiger partial charge in [0.15, 0.2) is 0 Å². The van der Waals surface area contributed by atoms with E-state index < -0.39 is 5.97 Å². The van der Waals surface area contributed by atoms with Gasteiger partial charge in [0.25, 0.3) is 0 Å². The van der Waals surface area contributed by atoms with Gasteiger partial charge in [-0.3, -0.25) is 0 Å². The number of benzene rings is 1. The number of para-hydroxylation sites is 1. The highest BCUT2D eigenvalue weighted by atomic mass is 16.5. The van der Waals surface area contributed by atoms with Gasteiger partial charge in [0, 0.05) is 10.3 Å². The minimum atomic E-state index is -0.680. The van der Waals surface area contributed by atoms with Gasteiger partial charge in [-0.25, -0.2) is 4.79 Å². The molecule has 1 heterocycles. The molecule has 0 aliphatic carbocycles. The number of hydrogen-bond donors (Lipinski definition) is 0. The van der Waals surface area contributed by atoms with E-state index in [4.69, 9.17) is 14.7 Å². The number of ether oxygens (including phenoxy) is 1. The summed E-state index contributed by atoms with van der Waals surface area (Å²) in [4.78, 5) is 14.2. The van der Waals surface area contributed by atoms with E-state index in [0.29, 0.717) is 11.3 Å². The maximum atomic E-state index is 11.6. The minimum Gasteiger partial charge on any atom is -0.462 e. The zero-order valence-corrected chi connectivity index (χ0v) is 10.2. The van der Waals surface area contributed by atoms with Gasteiger partial charge in [-0.05, 0) is 30.7 Å². The van der Waals surface area contributed by atoms with E-state index in [0.717, 1.165) is 5.39 Å². The third-order valence-corrected chi connectivity index (χ3v) is 2.36. The van der Waals surface area contributed by atoms with E-state index in [1.807, 2.05) is 24.3 Å². The van der Waals surface area contributed by atoms with Gasteiger partial charge >= 0.3 is 5.97 Å². The van der Waals surface area contributed by atoms with E-state index in [1.54, 1.807) is 13.0 Å². The summed E-state index contributed by atoms with van der Waals surface area (Å²) in [6.45, 7) is 1.88. The van der Waals surface area contributed by atoms with Crippen molar-refractivity contribution in [3.05, 3.63) is 52.2 Å². The van der Waals surface area contributed by atoms with Crippen LogP contribution in [0.4, 0.5) is 0 Å². The number of furan rings is 1. The van der Waals surface area contributed by atoms with Crippen molar-refractivity contribution in [1.82, 2.24) is 0 Å². The summed E-state index contributed by atoms with van der Waals surface area (Å²) in [6, 6.07) is 9.17. The van der Waals surface area contributed by atoms with Crippen LogP contribution in [-0.2, 0) is 9.53 Å². The van der Waals surface area contributed by atoms with Crippen LogP contribution in [0.2, 0.25) is 0 Å². The Morgan fingerprint density at radius 1 is 1.53 bits per heavy atom. The molecular weight excluding hydrogens is 246 g/mol. The van der Waals surface area contributed by atoms with Crippen molar-refractivity contribution in [1.29, 1.82) is 0 Å². The molecule has 0 amide bonds. The third kappa shape index (κ3) is 2.94. The van der Waals surface area contributed by atoms with Gasteiger partial charge in [-0.1, -0.05) is 23.3 Å². The van der Waals surface area contributed by atoms with Crippen LogP contribution in [-0.4, -0.2) is 12.6 Å². The molecule has 0 fully saturated rings. The summed E-state index contributed by atoms with van der Waals surface area (Å²) in [5.41, 5.74) is 9.01. The number of nitrogens with zero attached hydrogens (tertiary/aromatic N) is 3. The maximum absolute atomic E-state index is 11.6. The largest absolute Gasteiger partial charge is 0.462 e. The fraction of sp³-hybridized carbons (Fsp3) is 0.154. The average molecular weight is 257 g/mol. The molecule has 0 saturated carbocycles. The van der Waals surface area contributed by atoms with Gasteiger partial charge < -0.3 is 9.15 Å². The van der Waals surface area contributed by atoms with Crippen molar-refractivity contribution in [3.8, 4) is 0 Å². The Balaban J connectivity index is 2.39. The summed E-state index contributed by atoms with van der Waals surface area (Å²) < 4.78 is 10.3. The highest BCUT2D eigenvalue weighted by Gasteiger charge is 2.10. The van der Waals surface area contributed by atoms with Crippen LogP contribution >= 0.6 is 0 Å². The maximum Gasteiger partial charge on any atom is 0.340 e. The first-order valence-corrected chi connectivity index (χ1v) is 5.67. The lowest BCUT2D eigenvalue weighted by atomic mass is 10.2. The zero-order valence-electron chi connectivity index (χ0n) is 10.2. The second-order valence-electron chi connectivity index (χ2n) is 3.63. The molecule has 0 saturated heterocycles. The SMILES string of the molecule is CCOC(=O)/C(=C/c1cc2ccccc2o1)N=[N+]=[N-]. The first kappa shape index (κ1) is 12.7. The van der Waals surface area contributed by atoms with Crippen LogP contribution < -0.4 is 0 Å². The number of fused-ring (bicyclic) bond motifs is 1. The summed E-state index contributed by atoms with van der Waals surface area (Å²) in [5.74, 6) is -0.252. The third-order valence-electron chi connectivity index (χ3n) is 2.36. The Labute approximate surface area is 108 Å². The standard InChI is InChI=1S/C13H11N3O3/c1-2-18-13(17)11(15-16-14)8-10-7-9-5-3-4-6-12(9)19-10/h3-8H,2H2,1H3/b11-8-. The minimum absolute atomic E-state index is 0.136. The average Bonchev–Trinajstić information content (AvgIpc) is 2.80. The van der Waals surface area contributed by atoms with Gasteiger partial charge in [-0.2, -0.15) is 0 Å². The monoisotopic (exact) mass is 257 g/mol. The van der Waals surface area contributed by atoms with E-state index in [9.17, 15) is 4.79 Å². The normalized spacial score (nSPS) is 11.1. The van der Waals surface area contributed by atoms with Crippen molar-refractivity contribution in [2.45, 2.75) is 6.92 Å². The highest BCUT2D eigenvalue weighted by molar-refractivity contribution is 5.93. The van der Waals surface area contributed by atoms with Crippen molar-refractivity contribution in [2.24, 2.45) is 5.11 Å². The second kappa shape index (κ2) is 5.75. The van der Waals surface area contributed by atoms with E-state index in [1.165, 1.54) is 6.08 Å². The van der Waals surface area contributed by atoms with E-state index in [2.05, 4.69) is 10.0 Å². The van der Waals surface area contributed by atoms with Crippen LogP contribution in [0.5, 0.6) is 0 Å². The van der Waals surface area contributed by atoms with Gasteiger partial charge in [0.05, 0.1) is 6.61 Å². The molecule has 1 aromatic heterocycles. The van der Waals surface area contributed by atoms with Gasteiger partial charge in [0.1, 0.15) is 17.0 Å². The first-order valence-electron chi connectivity index (χ1n) is 5.67. The number of carbonyl (C=O) groups excluding carboxylic acids is 1. The topological polar surface area (TPSA) is 88.2 Å². The predicted molar refractivity (Wildman–Crippen MR) is 70.0 cm³/mol. The fourth-order valence-corrected chi connectivity index (χ4v) is 1.59. The molecule has 0 aliphatic heterocycles. The quantitative estimate of drug-likeness (QED) is 0.275. The van der Waals surface area contributed by atoms with Gasteiger partial charge in [-0.15, -0.1) is 0 Å². The molecule has 6 heteroatoms. The summed E-state index contributed by atoms with van der Waals surface area (Å²) in [7, 11) is 0. The summed E-state index contributed by atoms with van der Waals surface area (Å²) in [6.07, 6.45) is 1.36. The molecule has 0 radical (unpaired) electrons. The molecule has 0 spiro atoms. The smallest absolute Gasteiger partial charge is 0.340 e. The zero-order chi connectivity index (χ0) is 13.7. The molecule has 0 aliphatic rings. The van der Waals surface area contributed by atoms with Gasteiger partial charge in [0.2, 0.25) is 0 Å². The van der Waals surface area contributed by atoms with Crippen molar-refractivity contribution < 1.29 is 13.9 Å². The molecule has 1 aromatic carbocycles. The lowest BCUT2D eigenvalue weighted by Crippen LogP contribution is -2.05. The predicted octanol–water partition coefficient (Wildman–Crippen LogP) is 3.65. The Hall–Kier alpha value is -2.72. The second-order valence-corrected chi connectivity index (χ2v) is 3.63. The fourth-order valence-electron chi connectivity index (χ4n) is 1.59. The van der Waals surface area contributed by atoms with Crippen molar-refractivity contribution >= 4 is 23.0 Å². The molecule has 96 valence electrons. The Morgan fingerprint density at radius 3 is 3.00 bits per heavy atom. The number of azide groups is 1. The first-order chi connectivity index (χ1) is 9.24. The molecule has 2 aromatic rings. The number of hydrogen-bond acceptors (Lipinski definition) is 4. The molecule has 2 rings (SSSR count). The Morgan fingerprint density at radius 2 is 2.32 bits per heavy atom. The molecular formula is C13H11N3O3. The van der Waals surface area contributed by atoms with Crippen LogP contribution in [0.25, 0.3) is 27.5 Å². The Bertz CT molecular complexity index is 648. The number of rotatable bonds is 4. The Kier molecular flexibility index (Phi) is 3.85. The molecule has 0 unspecified atom stereocenters. The highest BCUT2D eigenvalue weighted by Crippen LogP contribution is 2.21. The van der Waals surface area contributed by atoms with Crippen LogP contribution in [0.1, 0.15) is 12.7 Å². The molecule has 0 bridgehead atoms. The number of esters is 1. The number of carbonyl (C=O) groups is 1. The molecule has 19 heavy (non-hydrogen) atoms. The molecule has 0 atom stereocenters. The van der Waals surface area contributed by atoms with Crippen LogP contribution in [0.3, 0.4) is 0 Å². The molecule has 6 nitrogen and oxygen atoms in total. The van der Waals surface area contributed by atoms with E-state index in [-0.39, 0.29) is 12.3 Å². The van der Waals surface area contributed by atoms with Crippen LogP contribution in [0, 0.1) is 0 Å². The summed E-state index contributed by atoms with van der Waals surface area (Å²) >= 11 is 0. The summed E-state index contributed by atoms with van der Waals surface area (Å²) in [5, 5.41) is 4.22.